The van der Waals surface area contributed by atoms with Crippen molar-refractivity contribution in [2.24, 2.45) is 0 Å². The van der Waals surface area contributed by atoms with E-state index >= 15 is 0 Å². The van der Waals surface area contributed by atoms with Gasteiger partial charge in [-0.15, -0.1) is 11.3 Å². The fourth-order valence-electron chi connectivity index (χ4n) is 2.38. The van der Waals surface area contributed by atoms with Gasteiger partial charge in [0.1, 0.15) is 0 Å². The van der Waals surface area contributed by atoms with E-state index in [2.05, 4.69) is 73.8 Å². The number of hydrogen-bond donors (Lipinski definition) is 1. The molecule has 2 nitrogen and oxygen atoms in total. The van der Waals surface area contributed by atoms with E-state index in [1.54, 1.807) is 0 Å². The molecule has 1 aromatic carbocycles. The second kappa shape index (κ2) is 6.57. The summed E-state index contributed by atoms with van der Waals surface area (Å²) in [6, 6.07) is 12.8. The van der Waals surface area contributed by atoms with Crippen molar-refractivity contribution in [2.75, 3.05) is 13.1 Å². The number of aromatic nitrogens is 1. The first kappa shape index (κ1) is 13.9. The molecular weight excluding hydrogens is 332 g/mol. The number of halogens is 1. The smallest absolute Gasteiger partial charge is 0.0492 e. The van der Waals surface area contributed by atoms with Gasteiger partial charge in [-0.25, -0.2) is 0 Å². The molecule has 4 heteroatoms. The van der Waals surface area contributed by atoms with E-state index in [9.17, 15) is 0 Å². The molecule has 0 saturated heterocycles. The highest BCUT2D eigenvalue weighted by molar-refractivity contribution is 9.10. The van der Waals surface area contributed by atoms with E-state index in [0.717, 1.165) is 26.1 Å². The van der Waals surface area contributed by atoms with E-state index in [-0.39, 0.29) is 0 Å². The van der Waals surface area contributed by atoms with E-state index < -0.39 is 0 Å². The molecule has 20 heavy (non-hydrogen) atoms. The van der Waals surface area contributed by atoms with E-state index in [4.69, 9.17) is 0 Å². The Morgan fingerprint density at radius 2 is 2.00 bits per heavy atom. The number of nitrogens with zero attached hydrogens (tertiary/aromatic N) is 1. The molecule has 0 unspecified atom stereocenters. The maximum atomic E-state index is 3.63. The van der Waals surface area contributed by atoms with Crippen molar-refractivity contribution in [1.29, 1.82) is 0 Å². The second-order valence-electron chi connectivity index (χ2n) is 4.77. The Kier molecular flexibility index (Phi) is 4.55. The van der Waals surface area contributed by atoms with Crippen molar-refractivity contribution >= 4 is 38.2 Å². The average Bonchev–Trinajstić information content (AvgIpc) is 3.08. The summed E-state index contributed by atoms with van der Waals surface area (Å²) < 4.78 is 3.48. The minimum Gasteiger partial charge on any atom is -0.345 e. The van der Waals surface area contributed by atoms with Crippen LogP contribution in [0.5, 0.6) is 0 Å². The molecule has 2 heterocycles. The highest BCUT2D eigenvalue weighted by Gasteiger charge is 2.04. The number of benzene rings is 1. The maximum Gasteiger partial charge on any atom is 0.0492 e. The zero-order valence-electron chi connectivity index (χ0n) is 11.2. The van der Waals surface area contributed by atoms with Crippen molar-refractivity contribution in [2.45, 2.75) is 13.0 Å². The molecule has 0 aliphatic carbocycles. The molecular formula is C16H17BrN2S. The van der Waals surface area contributed by atoms with Crippen LogP contribution in [0.2, 0.25) is 0 Å². The molecule has 0 saturated carbocycles. The van der Waals surface area contributed by atoms with E-state index in [1.807, 2.05) is 11.3 Å². The second-order valence-corrected chi connectivity index (χ2v) is 6.65. The van der Waals surface area contributed by atoms with E-state index in [0.29, 0.717) is 0 Å². The molecule has 0 aliphatic heterocycles. The molecule has 3 aromatic rings. The van der Waals surface area contributed by atoms with Crippen LogP contribution < -0.4 is 5.32 Å². The Morgan fingerprint density at radius 3 is 2.85 bits per heavy atom. The Bertz CT molecular complexity index is 673. The Hall–Kier alpha value is -1.10. The fourth-order valence-corrected chi connectivity index (χ4v) is 3.67. The molecule has 0 fully saturated rings. The van der Waals surface area contributed by atoms with Crippen molar-refractivity contribution in [3.05, 3.63) is 57.3 Å². The number of thiophene rings is 1. The third kappa shape index (κ3) is 3.14. The van der Waals surface area contributed by atoms with Gasteiger partial charge in [-0.1, -0.05) is 24.3 Å². The lowest BCUT2D eigenvalue weighted by atomic mass is 10.2. The standard InChI is InChI=1S/C16H17BrN2S/c17-15-12-19(16-6-2-1-5-14(15)16)10-9-18-8-7-13-4-3-11-20-13/h1-6,11-12,18H,7-10H2. The van der Waals surface area contributed by atoms with Gasteiger partial charge in [-0.3, -0.25) is 0 Å². The Morgan fingerprint density at radius 1 is 1.10 bits per heavy atom. The van der Waals surface area contributed by atoms with Crippen LogP contribution in [0.25, 0.3) is 10.9 Å². The van der Waals surface area contributed by atoms with Gasteiger partial charge in [0.05, 0.1) is 0 Å². The van der Waals surface area contributed by atoms with Gasteiger partial charge >= 0.3 is 0 Å². The molecule has 0 amide bonds. The minimum absolute atomic E-state index is 0.997. The lowest BCUT2D eigenvalue weighted by molar-refractivity contribution is 0.611. The molecule has 0 bridgehead atoms. The summed E-state index contributed by atoms with van der Waals surface area (Å²) in [5.41, 5.74) is 1.29. The van der Waals surface area contributed by atoms with Gasteiger partial charge in [0, 0.05) is 46.1 Å². The molecule has 104 valence electrons. The quantitative estimate of drug-likeness (QED) is 0.657. The summed E-state index contributed by atoms with van der Waals surface area (Å²) in [6.07, 6.45) is 3.29. The van der Waals surface area contributed by atoms with Crippen molar-refractivity contribution in [3.63, 3.8) is 0 Å². The Balaban J connectivity index is 1.52. The van der Waals surface area contributed by atoms with Crippen LogP contribution in [0.15, 0.2) is 52.4 Å². The number of rotatable bonds is 6. The monoisotopic (exact) mass is 348 g/mol. The van der Waals surface area contributed by atoms with E-state index in [1.165, 1.54) is 20.3 Å². The highest BCUT2D eigenvalue weighted by atomic mass is 79.9. The fraction of sp³-hybridized carbons (Fsp3) is 0.250. The van der Waals surface area contributed by atoms with Gasteiger partial charge in [0.2, 0.25) is 0 Å². The van der Waals surface area contributed by atoms with Crippen LogP contribution >= 0.6 is 27.3 Å². The molecule has 0 spiro atoms. The van der Waals surface area contributed by atoms with Crippen LogP contribution in [0.4, 0.5) is 0 Å². The highest BCUT2D eigenvalue weighted by Crippen LogP contribution is 2.25. The number of para-hydroxylation sites is 1. The number of fused-ring (bicyclic) bond motifs is 1. The van der Waals surface area contributed by atoms with Crippen LogP contribution in [0.3, 0.4) is 0 Å². The normalized spacial score (nSPS) is 11.2. The summed E-state index contributed by atoms with van der Waals surface area (Å²) in [4.78, 5) is 1.45. The topological polar surface area (TPSA) is 17.0 Å². The van der Waals surface area contributed by atoms with Gasteiger partial charge in [0.15, 0.2) is 0 Å². The van der Waals surface area contributed by atoms with Crippen LogP contribution in [0.1, 0.15) is 4.88 Å². The van der Waals surface area contributed by atoms with Crippen molar-refractivity contribution < 1.29 is 0 Å². The largest absolute Gasteiger partial charge is 0.345 e. The number of nitrogens with one attached hydrogen (secondary N) is 1. The Labute approximate surface area is 131 Å². The summed E-state index contributed by atoms with van der Waals surface area (Å²) in [6.45, 7) is 3.04. The number of hydrogen-bond acceptors (Lipinski definition) is 2. The first-order valence-electron chi connectivity index (χ1n) is 6.81. The van der Waals surface area contributed by atoms with Crippen LogP contribution in [-0.2, 0) is 13.0 Å². The van der Waals surface area contributed by atoms with Gasteiger partial charge in [-0.2, -0.15) is 0 Å². The summed E-state index contributed by atoms with van der Waals surface area (Å²) >= 11 is 5.46. The zero-order chi connectivity index (χ0) is 13.8. The first-order valence-corrected chi connectivity index (χ1v) is 8.48. The van der Waals surface area contributed by atoms with Crippen molar-refractivity contribution in [3.8, 4) is 0 Å². The SMILES string of the molecule is Brc1cn(CCNCCc2cccs2)c2ccccc12. The predicted octanol–water partition coefficient (Wildman–Crippen LogP) is 4.30. The third-order valence-electron chi connectivity index (χ3n) is 3.40. The van der Waals surface area contributed by atoms with Crippen LogP contribution in [0, 0.1) is 0 Å². The van der Waals surface area contributed by atoms with Crippen LogP contribution in [-0.4, -0.2) is 17.7 Å². The third-order valence-corrected chi connectivity index (χ3v) is 4.97. The lowest BCUT2D eigenvalue weighted by Gasteiger charge is -2.06. The summed E-state index contributed by atoms with van der Waals surface area (Å²) in [5, 5.41) is 6.94. The first-order chi connectivity index (χ1) is 9.84. The molecule has 0 aliphatic rings. The minimum atomic E-state index is 0.997. The molecule has 2 aromatic heterocycles. The molecule has 0 atom stereocenters. The molecule has 3 rings (SSSR count). The molecule has 1 N–H and O–H groups in total. The predicted molar refractivity (Wildman–Crippen MR) is 90.5 cm³/mol. The van der Waals surface area contributed by atoms with Crippen molar-refractivity contribution in [1.82, 2.24) is 9.88 Å². The summed E-state index contributed by atoms with van der Waals surface area (Å²) in [7, 11) is 0. The lowest BCUT2D eigenvalue weighted by Crippen LogP contribution is -2.21. The van der Waals surface area contributed by atoms with Gasteiger partial charge in [0.25, 0.3) is 0 Å². The van der Waals surface area contributed by atoms with Gasteiger partial charge < -0.3 is 9.88 Å². The van der Waals surface area contributed by atoms with Gasteiger partial charge in [-0.05, 0) is 39.9 Å². The average molecular weight is 349 g/mol. The molecule has 0 radical (unpaired) electrons. The zero-order valence-corrected chi connectivity index (χ0v) is 13.6. The maximum absolute atomic E-state index is 3.63. The summed E-state index contributed by atoms with van der Waals surface area (Å²) in [5.74, 6) is 0.